The first-order valence-corrected chi connectivity index (χ1v) is 26.6. The Morgan fingerprint density at radius 2 is 1.15 bits per heavy atom. The maximum Gasteiger partial charge on any atom is 0.407 e. The molecule has 0 radical (unpaired) electrons. The van der Waals surface area contributed by atoms with Crippen LogP contribution in [0.4, 0.5) is 42.9 Å². The fraction of sp³-hybridized carbons (Fsp3) is 0.464. The van der Waals surface area contributed by atoms with Crippen LogP contribution in [0.3, 0.4) is 0 Å². The Kier molecular flexibility index (Phi) is 15.5. The number of ether oxygens (including phenoxy) is 3. The Hall–Kier alpha value is -7.49. The van der Waals surface area contributed by atoms with Crippen LogP contribution in [0.15, 0.2) is 60.7 Å². The van der Waals surface area contributed by atoms with E-state index in [2.05, 4.69) is 20.6 Å². The summed E-state index contributed by atoms with van der Waals surface area (Å²) in [6.07, 6.45) is 2.04. The summed E-state index contributed by atoms with van der Waals surface area (Å²) in [5.41, 5.74) is 2.55. The molecule has 4 aliphatic heterocycles. The molecule has 4 aromatic carbocycles. The monoisotopic (exact) mass is 1080 g/mol. The van der Waals surface area contributed by atoms with Crippen molar-refractivity contribution in [2.45, 2.75) is 120 Å². The molecule has 0 aliphatic carbocycles. The number of likely N-dealkylation sites (tertiary alicyclic amines) is 2. The first kappa shape index (κ1) is 53.9. The average molecular weight is 1080 g/mol. The van der Waals surface area contributed by atoms with Gasteiger partial charge in [0.1, 0.15) is 46.9 Å². The molecule has 4 saturated heterocycles. The third kappa shape index (κ3) is 10.4. The van der Waals surface area contributed by atoms with E-state index < -0.39 is 83.7 Å². The third-order valence-corrected chi connectivity index (χ3v) is 16.2. The summed E-state index contributed by atoms with van der Waals surface area (Å²) in [5.74, 6) is -3.20. The lowest BCUT2D eigenvalue weighted by Crippen LogP contribution is -2.54. The molecule has 0 unspecified atom stereocenters. The number of benzene rings is 4. The zero-order valence-electron chi connectivity index (χ0n) is 44.0. The van der Waals surface area contributed by atoms with Crippen molar-refractivity contribution in [3.8, 4) is 0 Å². The summed E-state index contributed by atoms with van der Waals surface area (Å²) in [4.78, 5) is 74.8. The Morgan fingerprint density at radius 3 is 1.65 bits per heavy atom. The first-order valence-electron chi connectivity index (χ1n) is 26.6. The molecule has 0 saturated carbocycles. The number of rotatable bonds is 14. The quantitative estimate of drug-likeness (QED) is 0.0760. The molecule has 0 spiro atoms. The molecule has 6 heterocycles. The number of hydrogen-bond acceptors (Lipinski definition) is 11. The van der Waals surface area contributed by atoms with Crippen LogP contribution >= 0.6 is 0 Å². The number of imidazole rings is 2. The molecule has 6 aromatic rings. The van der Waals surface area contributed by atoms with E-state index in [-0.39, 0.29) is 64.0 Å². The number of anilines is 2. The molecule has 17 nitrogen and oxygen atoms in total. The molecule has 22 heteroatoms. The number of hydrogen-bond donors (Lipinski definition) is 4. The fourth-order valence-corrected chi connectivity index (χ4v) is 12.2. The fourth-order valence-electron chi connectivity index (χ4n) is 12.2. The zero-order valence-corrected chi connectivity index (χ0v) is 44.0. The lowest BCUT2D eigenvalue weighted by molar-refractivity contribution is -0.137. The van der Waals surface area contributed by atoms with E-state index in [1.165, 1.54) is 57.7 Å². The number of carbonyl (C=O) groups excluding carboxylic acids is 4. The number of methoxy groups -OCH3 is 3. The summed E-state index contributed by atoms with van der Waals surface area (Å²) < 4.78 is 96.2. The van der Waals surface area contributed by atoms with Crippen molar-refractivity contribution in [1.82, 2.24) is 40.4 Å². The average Bonchev–Trinajstić information content (AvgIpc) is 4.49. The Morgan fingerprint density at radius 1 is 0.641 bits per heavy atom. The highest BCUT2D eigenvalue weighted by atomic mass is 19.1. The van der Waals surface area contributed by atoms with Gasteiger partial charge in [-0.3, -0.25) is 9.59 Å². The zero-order chi connectivity index (χ0) is 55.1. The van der Waals surface area contributed by atoms with Gasteiger partial charge >= 0.3 is 12.2 Å². The van der Waals surface area contributed by atoms with E-state index in [9.17, 15) is 23.6 Å². The Balaban J connectivity index is 0.991. The van der Waals surface area contributed by atoms with Gasteiger partial charge in [0.2, 0.25) is 11.8 Å². The maximum atomic E-state index is 17.0. The molecular weight excluding hydrogens is 1020 g/mol. The van der Waals surface area contributed by atoms with Crippen LogP contribution in [0.25, 0.3) is 22.1 Å². The van der Waals surface area contributed by atoms with Gasteiger partial charge in [0.15, 0.2) is 11.6 Å². The van der Waals surface area contributed by atoms with Gasteiger partial charge in [0.25, 0.3) is 0 Å². The highest BCUT2D eigenvalue weighted by Gasteiger charge is 2.42. The van der Waals surface area contributed by atoms with Crippen LogP contribution in [0, 0.1) is 29.1 Å². The van der Waals surface area contributed by atoms with E-state index >= 15 is 17.6 Å². The first-order chi connectivity index (χ1) is 37.6. The number of H-pyrrole nitrogens is 2. The van der Waals surface area contributed by atoms with Crippen LogP contribution < -0.4 is 20.4 Å². The number of fused-ring (bicyclic) bond motifs is 2. The third-order valence-electron chi connectivity index (χ3n) is 16.2. The van der Waals surface area contributed by atoms with Gasteiger partial charge in [0.05, 0.1) is 66.6 Å². The van der Waals surface area contributed by atoms with Crippen LogP contribution in [0.5, 0.6) is 0 Å². The molecule has 78 heavy (non-hydrogen) atoms. The highest BCUT2D eigenvalue weighted by Crippen LogP contribution is 2.50. The smallest absolute Gasteiger partial charge is 0.407 e. The largest absolute Gasteiger partial charge is 0.453 e. The number of nitrogens with one attached hydrogen (secondary N) is 4. The van der Waals surface area contributed by atoms with Crippen molar-refractivity contribution < 1.29 is 55.3 Å². The minimum absolute atomic E-state index is 0.0590. The lowest BCUT2D eigenvalue weighted by Gasteiger charge is -2.36. The van der Waals surface area contributed by atoms with E-state index in [4.69, 9.17) is 24.2 Å². The molecule has 4 aliphatic rings. The molecular formula is C56H63F5N10O7. The molecule has 0 bridgehead atoms. The van der Waals surface area contributed by atoms with E-state index in [0.717, 1.165) is 5.56 Å². The summed E-state index contributed by atoms with van der Waals surface area (Å²) in [6, 6.07) is 9.70. The number of aromatic amines is 2. The second-order valence-electron chi connectivity index (χ2n) is 20.6. The summed E-state index contributed by atoms with van der Waals surface area (Å²) >= 11 is 0. The summed E-state index contributed by atoms with van der Waals surface area (Å²) in [7, 11) is 3.83. The summed E-state index contributed by atoms with van der Waals surface area (Å²) in [5, 5.41) is 5.17. The molecule has 4 amide bonds. The molecule has 7 atom stereocenters. The topological polar surface area (TPSA) is 190 Å². The van der Waals surface area contributed by atoms with E-state index in [1.54, 1.807) is 57.7 Å². The minimum Gasteiger partial charge on any atom is -0.453 e. The maximum absolute atomic E-state index is 17.0. The normalized spacial score (nSPS) is 21.1. The van der Waals surface area contributed by atoms with Gasteiger partial charge in [0, 0.05) is 62.2 Å². The highest BCUT2D eigenvalue weighted by molar-refractivity contribution is 5.88. The predicted molar refractivity (Wildman–Crippen MR) is 279 cm³/mol. The van der Waals surface area contributed by atoms with Crippen molar-refractivity contribution in [2.75, 3.05) is 57.3 Å². The molecule has 10 rings (SSSR count). The van der Waals surface area contributed by atoms with Crippen LogP contribution in [-0.4, -0.2) is 119 Å². The predicted octanol–water partition coefficient (Wildman–Crippen LogP) is 9.82. The van der Waals surface area contributed by atoms with Crippen LogP contribution in [0.2, 0.25) is 0 Å². The van der Waals surface area contributed by atoms with Crippen LogP contribution in [0.1, 0.15) is 130 Å². The second kappa shape index (κ2) is 22.5. The van der Waals surface area contributed by atoms with Gasteiger partial charge in [-0.1, -0.05) is 19.1 Å². The Labute approximate surface area is 447 Å². The van der Waals surface area contributed by atoms with Crippen molar-refractivity contribution >= 4 is 57.4 Å². The number of amides is 4. The number of nitrogens with zero attached hydrogens (tertiary/aromatic N) is 6. The van der Waals surface area contributed by atoms with Crippen molar-refractivity contribution in [1.29, 1.82) is 0 Å². The molecule has 2 aromatic heterocycles. The van der Waals surface area contributed by atoms with E-state index in [0.29, 0.717) is 93.8 Å². The summed E-state index contributed by atoms with van der Waals surface area (Å²) in [6.45, 7) is 4.85. The van der Waals surface area contributed by atoms with Crippen LogP contribution in [-0.2, 0) is 23.8 Å². The lowest BCUT2D eigenvalue weighted by atomic mass is 9.89. The Bertz CT molecular complexity index is 3200. The van der Waals surface area contributed by atoms with Gasteiger partial charge < -0.3 is 54.4 Å². The van der Waals surface area contributed by atoms with E-state index in [1.807, 2.05) is 0 Å². The number of carbonyl (C=O) groups is 4. The number of halogens is 5. The number of piperidine rings is 1. The second-order valence-corrected chi connectivity index (χ2v) is 20.6. The van der Waals surface area contributed by atoms with Crippen molar-refractivity contribution in [3.05, 3.63) is 118 Å². The van der Waals surface area contributed by atoms with Gasteiger partial charge in [-0.25, -0.2) is 41.5 Å². The van der Waals surface area contributed by atoms with Gasteiger partial charge in [-0.2, -0.15) is 0 Å². The number of alkyl carbamates (subject to hydrolysis) is 2. The standard InChI is InChI=1S/C56H63F5N10O7/c1-6-40(66-55(74)77-4)53(72)69-19-7-9-47(69)51-62-41-25-34(36(58)27-43(41)64-51)45-15-16-46(71(45)33-23-38(60)50(39(61)24-33)68-21-17-31(18-22-68)30-11-13-32(57)14-12-30)35-26-42-44(28-37(35)59)65-52(63-42)48-10-8-20-70(48)54(73)49(29(2)76-3)67-56(75)78-5/h11-14,23-29,31,40,45-49H,6-10,15-22H2,1-5H3,(H,62,64)(H,63,65)(H,66,74)(H,67,75)/t29-,40+,45-,46-,47+,48+,49+/m1/s1. The van der Waals surface area contributed by atoms with Gasteiger partial charge in [-0.15, -0.1) is 0 Å². The minimum atomic E-state index is -1.08. The van der Waals surface area contributed by atoms with Crippen molar-refractivity contribution in [3.63, 3.8) is 0 Å². The molecule has 4 fully saturated rings. The SMILES string of the molecule is CC[C@H](NC(=O)OC)C(=O)N1CCC[C@H]1c1nc2cc(F)c([C@H]3CC[C@H](c4cc5[nH]c([C@@H]6CCCN6C(=O)[C@@H](NC(=O)OC)[C@@H](C)OC)nc5cc4F)N3c3cc(F)c(N4CCC(c5ccc(F)cc5)CC4)c(F)c3)cc2[nH]1. The number of aromatic nitrogens is 4. The molecule has 414 valence electrons. The van der Waals surface area contributed by atoms with Crippen molar-refractivity contribution in [2.24, 2.45) is 0 Å². The molecule has 4 N–H and O–H groups in total. The van der Waals surface area contributed by atoms with Gasteiger partial charge in [-0.05, 0) is 113 Å².